The third-order valence-electron chi connectivity index (χ3n) is 2.94. The molecule has 1 heterocycles. The fraction of sp³-hybridized carbons (Fsp3) is 0.364. The Bertz CT molecular complexity index is 543. The molecule has 4 heteroatoms. The molecule has 0 atom stereocenters. The van der Waals surface area contributed by atoms with E-state index in [4.69, 9.17) is 21.9 Å². The molecule has 15 heavy (non-hydrogen) atoms. The zero-order valence-electron chi connectivity index (χ0n) is 8.38. The molecule has 0 aliphatic heterocycles. The number of anilines is 1. The molecule has 3 nitrogen and oxygen atoms in total. The van der Waals surface area contributed by atoms with Crippen LogP contribution < -0.4 is 5.73 Å². The predicted molar refractivity (Wildman–Crippen MR) is 60.1 cm³/mol. The van der Waals surface area contributed by atoms with Crippen molar-refractivity contribution in [1.82, 2.24) is 5.16 Å². The minimum atomic E-state index is 0.490. The van der Waals surface area contributed by atoms with Crippen LogP contribution >= 0.6 is 11.6 Å². The van der Waals surface area contributed by atoms with Crippen LogP contribution in [-0.2, 0) is 0 Å². The molecule has 2 N–H and O–H groups in total. The Labute approximate surface area is 92.2 Å². The van der Waals surface area contributed by atoms with Crippen molar-refractivity contribution < 1.29 is 4.52 Å². The summed E-state index contributed by atoms with van der Waals surface area (Å²) < 4.78 is 5.26. The van der Waals surface area contributed by atoms with Gasteiger partial charge in [-0.2, -0.15) is 0 Å². The van der Waals surface area contributed by atoms with Gasteiger partial charge in [-0.25, -0.2) is 0 Å². The minimum Gasteiger partial charge on any atom is -0.397 e. The van der Waals surface area contributed by atoms with Gasteiger partial charge in [0, 0.05) is 11.3 Å². The zero-order chi connectivity index (χ0) is 10.6. The van der Waals surface area contributed by atoms with E-state index in [9.17, 15) is 0 Å². The lowest BCUT2D eigenvalue weighted by atomic mass is 10.1. The van der Waals surface area contributed by atoms with E-state index in [-0.39, 0.29) is 0 Å². The van der Waals surface area contributed by atoms with E-state index in [1.54, 1.807) is 0 Å². The third kappa shape index (κ3) is 1.23. The lowest BCUT2D eigenvalue weighted by Crippen LogP contribution is -1.91. The van der Waals surface area contributed by atoms with Crippen LogP contribution in [0.3, 0.4) is 0 Å². The fourth-order valence-corrected chi connectivity index (χ4v) is 2.13. The molecule has 0 saturated heterocycles. The molecule has 1 aromatic carbocycles. The van der Waals surface area contributed by atoms with Crippen LogP contribution in [0.1, 0.15) is 30.0 Å². The van der Waals surface area contributed by atoms with Gasteiger partial charge < -0.3 is 10.3 Å². The van der Waals surface area contributed by atoms with Gasteiger partial charge in [-0.05, 0) is 31.4 Å². The smallest absolute Gasteiger partial charge is 0.187 e. The molecule has 0 bridgehead atoms. The Kier molecular flexibility index (Phi) is 1.74. The van der Waals surface area contributed by atoms with Crippen LogP contribution in [0.5, 0.6) is 0 Å². The molecule has 0 radical (unpaired) electrons. The molecule has 2 aromatic rings. The number of hydrogen-bond acceptors (Lipinski definition) is 3. The first-order valence-electron chi connectivity index (χ1n) is 5.02. The number of nitrogens with two attached hydrogens (primary N) is 1. The van der Waals surface area contributed by atoms with Crippen molar-refractivity contribution in [2.24, 2.45) is 0 Å². The largest absolute Gasteiger partial charge is 0.397 e. The van der Waals surface area contributed by atoms with Gasteiger partial charge in [0.05, 0.1) is 11.4 Å². The first kappa shape index (κ1) is 9.04. The summed E-state index contributed by atoms with van der Waals surface area (Å²) in [5, 5.41) is 5.60. The van der Waals surface area contributed by atoms with Crippen molar-refractivity contribution in [2.45, 2.75) is 25.7 Å². The van der Waals surface area contributed by atoms with Gasteiger partial charge in [-0.15, -0.1) is 0 Å². The highest BCUT2D eigenvalue weighted by Gasteiger charge is 2.30. The summed E-state index contributed by atoms with van der Waals surface area (Å²) >= 11 is 6.11. The molecule has 78 valence electrons. The average molecular weight is 223 g/mol. The Morgan fingerprint density at radius 1 is 1.53 bits per heavy atom. The molecule has 0 spiro atoms. The summed E-state index contributed by atoms with van der Waals surface area (Å²) in [6.45, 7) is 1.95. The second-order valence-electron chi connectivity index (χ2n) is 4.14. The SMILES string of the molecule is Cc1cc2c(C3CC3)noc2c(Cl)c1N. The number of hydrogen-bond donors (Lipinski definition) is 1. The number of nitrogen functional groups attached to an aromatic ring is 1. The molecular weight excluding hydrogens is 212 g/mol. The molecule has 1 aromatic heterocycles. The number of rotatable bonds is 1. The van der Waals surface area contributed by atoms with Gasteiger partial charge in [0.15, 0.2) is 5.58 Å². The van der Waals surface area contributed by atoms with E-state index in [1.807, 2.05) is 13.0 Å². The summed E-state index contributed by atoms with van der Waals surface area (Å²) in [6.07, 6.45) is 2.39. The van der Waals surface area contributed by atoms with Crippen LogP contribution in [0.2, 0.25) is 5.02 Å². The van der Waals surface area contributed by atoms with Gasteiger partial charge in [0.25, 0.3) is 0 Å². The van der Waals surface area contributed by atoms with Crippen molar-refractivity contribution in [2.75, 3.05) is 5.73 Å². The number of aryl methyl sites for hydroxylation is 1. The Morgan fingerprint density at radius 2 is 2.27 bits per heavy atom. The van der Waals surface area contributed by atoms with Gasteiger partial charge in [-0.3, -0.25) is 0 Å². The van der Waals surface area contributed by atoms with Gasteiger partial charge in [0.1, 0.15) is 5.02 Å². The van der Waals surface area contributed by atoms with Crippen LogP contribution in [0.25, 0.3) is 11.0 Å². The summed E-state index contributed by atoms with van der Waals surface area (Å²) in [4.78, 5) is 0. The highest BCUT2D eigenvalue weighted by Crippen LogP contribution is 2.44. The molecule has 0 unspecified atom stereocenters. The quantitative estimate of drug-likeness (QED) is 0.754. The normalized spacial score (nSPS) is 16.1. The first-order valence-corrected chi connectivity index (χ1v) is 5.40. The van der Waals surface area contributed by atoms with Crippen LogP contribution in [0.4, 0.5) is 5.69 Å². The molecule has 0 amide bonds. The molecule has 1 saturated carbocycles. The number of halogens is 1. The lowest BCUT2D eigenvalue weighted by Gasteiger charge is -2.02. The summed E-state index contributed by atoms with van der Waals surface area (Å²) in [7, 11) is 0. The number of nitrogens with zero attached hydrogens (tertiary/aromatic N) is 1. The lowest BCUT2D eigenvalue weighted by molar-refractivity contribution is 0.446. The topological polar surface area (TPSA) is 52.0 Å². The summed E-state index contributed by atoms with van der Waals surface area (Å²) in [5.74, 6) is 0.561. The van der Waals surface area contributed by atoms with E-state index in [2.05, 4.69) is 5.16 Å². The number of benzene rings is 1. The van der Waals surface area contributed by atoms with Crippen molar-refractivity contribution in [3.8, 4) is 0 Å². The van der Waals surface area contributed by atoms with E-state index >= 15 is 0 Å². The van der Waals surface area contributed by atoms with E-state index in [1.165, 1.54) is 12.8 Å². The molecular formula is C11H11ClN2O. The highest BCUT2D eigenvalue weighted by molar-refractivity contribution is 6.37. The molecule has 1 aliphatic carbocycles. The van der Waals surface area contributed by atoms with Gasteiger partial charge in [-0.1, -0.05) is 16.8 Å². The number of fused-ring (bicyclic) bond motifs is 1. The summed E-state index contributed by atoms with van der Waals surface area (Å²) in [5.41, 5.74) is 9.06. The maximum Gasteiger partial charge on any atom is 0.187 e. The van der Waals surface area contributed by atoms with Crippen molar-refractivity contribution >= 4 is 28.3 Å². The van der Waals surface area contributed by atoms with Crippen molar-refractivity contribution in [1.29, 1.82) is 0 Å². The van der Waals surface area contributed by atoms with Crippen LogP contribution in [-0.4, -0.2) is 5.16 Å². The molecule has 1 fully saturated rings. The Balaban J connectivity index is 2.35. The molecule has 3 rings (SSSR count). The van der Waals surface area contributed by atoms with Crippen LogP contribution in [0.15, 0.2) is 10.6 Å². The maximum atomic E-state index is 6.11. The van der Waals surface area contributed by atoms with E-state index in [0.717, 1.165) is 16.6 Å². The summed E-state index contributed by atoms with van der Waals surface area (Å²) in [6, 6.07) is 2.01. The Hall–Kier alpha value is -1.22. The first-order chi connectivity index (χ1) is 7.18. The second-order valence-corrected chi connectivity index (χ2v) is 4.52. The predicted octanol–water partition coefficient (Wildman–Crippen LogP) is 3.25. The highest BCUT2D eigenvalue weighted by atomic mass is 35.5. The maximum absolute atomic E-state index is 6.11. The molecule has 1 aliphatic rings. The third-order valence-corrected chi connectivity index (χ3v) is 3.32. The second kappa shape index (κ2) is 2.89. The van der Waals surface area contributed by atoms with Crippen molar-refractivity contribution in [3.63, 3.8) is 0 Å². The number of aromatic nitrogens is 1. The van der Waals surface area contributed by atoms with Gasteiger partial charge >= 0.3 is 0 Å². The minimum absolute atomic E-state index is 0.490. The van der Waals surface area contributed by atoms with E-state index in [0.29, 0.717) is 22.2 Å². The standard InChI is InChI=1S/C11H11ClN2O/c1-5-4-7-10(6-2-3-6)14-15-11(7)8(12)9(5)13/h4,6H,2-3,13H2,1H3. The fourth-order valence-electron chi connectivity index (χ4n) is 1.85. The zero-order valence-corrected chi connectivity index (χ0v) is 9.14. The van der Waals surface area contributed by atoms with Crippen LogP contribution in [0, 0.1) is 6.92 Å². The van der Waals surface area contributed by atoms with E-state index < -0.39 is 0 Å². The van der Waals surface area contributed by atoms with Crippen molar-refractivity contribution in [3.05, 3.63) is 22.3 Å². The average Bonchev–Trinajstić information content (AvgIpc) is 2.97. The monoisotopic (exact) mass is 222 g/mol. The Morgan fingerprint density at radius 3 is 2.93 bits per heavy atom. The van der Waals surface area contributed by atoms with Gasteiger partial charge in [0.2, 0.25) is 0 Å².